The minimum atomic E-state index is -0.745. The van der Waals surface area contributed by atoms with Crippen molar-refractivity contribution in [1.29, 1.82) is 0 Å². The molecule has 19 heavy (non-hydrogen) atoms. The lowest BCUT2D eigenvalue weighted by atomic mass is 10.00. The van der Waals surface area contributed by atoms with Crippen LogP contribution >= 0.6 is 0 Å². The van der Waals surface area contributed by atoms with Gasteiger partial charge in [-0.25, -0.2) is 8.78 Å². The Morgan fingerprint density at radius 1 is 1.42 bits per heavy atom. The molecule has 1 aliphatic heterocycles. The Hall–Kier alpha value is -1.49. The number of benzene rings is 1. The Morgan fingerprint density at radius 3 is 2.89 bits per heavy atom. The minimum absolute atomic E-state index is 0.0323. The maximum atomic E-state index is 13.4. The van der Waals surface area contributed by atoms with Gasteiger partial charge < -0.3 is 10.2 Å². The third-order valence-electron chi connectivity index (χ3n) is 3.55. The lowest BCUT2D eigenvalue weighted by Crippen LogP contribution is -2.38. The summed E-state index contributed by atoms with van der Waals surface area (Å²) in [6, 6.07) is 3.35. The molecule has 5 heteroatoms. The summed E-state index contributed by atoms with van der Waals surface area (Å²) in [6.45, 7) is 0.989. The highest BCUT2D eigenvalue weighted by Gasteiger charge is 2.22. The van der Waals surface area contributed by atoms with E-state index in [0.717, 1.165) is 37.9 Å². The molecule has 1 amide bonds. The van der Waals surface area contributed by atoms with Gasteiger partial charge in [-0.05, 0) is 38.6 Å². The summed E-state index contributed by atoms with van der Waals surface area (Å²) in [5.41, 5.74) is 0.0323. The molecule has 0 aromatic heterocycles. The number of hydrogen-bond donors (Lipinski definition) is 1. The van der Waals surface area contributed by atoms with Crippen LogP contribution in [0.5, 0.6) is 0 Å². The van der Waals surface area contributed by atoms with E-state index in [0.29, 0.717) is 6.42 Å². The summed E-state index contributed by atoms with van der Waals surface area (Å²) in [5.74, 6) is -1.63. The van der Waals surface area contributed by atoms with Crippen LogP contribution in [0.1, 0.15) is 25.7 Å². The summed E-state index contributed by atoms with van der Waals surface area (Å²) in [5, 5.41) is 2.50. The summed E-state index contributed by atoms with van der Waals surface area (Å²) in [6.07, 6.45) is 3.59. The lowest BCUT2D eigenvalue weighted by Gasteiger charge is -2.31. The van der Waals surface area contributed by atoms with Crippen LogP contribution in [0.2, 0.25) is 0 Å². The topological polar surface area (TPSA) is 32.3 Å². The van der Waals surface area contributed by atoms with Crippen LogP contribution in [0.3, 0.4) is 0 Å². The molecule has 0 radical (unpaired) electrons. The molecule has 0 aliphatic carbocycles. The summed E-state index contributed by atoms with van der Waals surface area (Å²) in [7, 11) is 2.00. The highest BCUT2D eigenvalue weighted by molar-refractivity contribution is 5.91. The van der Waals surface area contributed by atoms with E-state index < -0.39 is 11.6 Å². The van der Waals surface area contributed by atoms with E-state index in [1.165, 1.54) is 6.07 Å². The minimum Gasteiger partial charge on any atom is -0.324 e. The zero-order valence-corrected chi connectivity index (χ0v) is 11.0. The molecule has 1 N–H and O–H groups in total. The largest absolute Gasteiger partial charge is 0.324 e. The van der Waals surface area contributed by atoms with Crippen molar-refractivity contribution in [2.75, 3.05) is 18.9 Å². The zero-order chi connectivity index (χ0) is 13.8. The predicted octanol–water partition coefficient (Wildman–Crippen LogP) is 2.78. The van der Waals surface area contributed by atoms with Crippen molar-refractivity contribution in [3.05, 3.63) is 29.8 Å². The van der Waals surface area contributed by atoms with Crippen molar-refractivity contribution in [1.82, 2.24) is 4.90 Å². The van der Waals surface area contributed by atoms with Gasteiger partial charge in [0, 0.05) is 18.5 Å². The van der Waals surface area contributed by atoms with Gasteiger partial charge in [-0.3, -0.25) is 4.79 Å². The van der Waals surface area contributed by atoms with Gasteiger partial charge in [0.05, 0.1) is 5.69 Å². The number of carbonyl (C=O) groups excluding carboxylic acids is 1. The van der Waals surface area contributed by atoms with Gasteiger partial charge in [0.1, 0.15) is 11.6 Å². The molecule has 2 rings (SSSR count). The Kier molecular flexibility index (Phi) is 4.47. The smallest absolute Gasteiger partial charge is 0.226 e. The number of likely N-dealkylation sites (tertiary alicyclic amines) is 1. The third kappa shape index (κ3) is 3.73. The van der Waals surface area contributed by atoms with Gasteiger partial charge in [0.25, 0.3) is 0 Å². The van der Waals surface area contributed by atoms with Crippen molar-refractivity contribution in [3.63, 3.8) is 0 Å². The second-order valence-corrected chi connectivity index (χ2v) is 5.01. The maximum Gasteiger partial charge on any atom is 0.226 e. The number of hydrogen-bond acceptors (Lipinski definition) is 2. The Balaban J connectivity index is 1.93. The fourth-order valence-electron chi connectivity index (χ4n) is 2.41. The summed E-state index contributed by atoms with van der Waals surface area (Å²) >= 11 is 0. The van der Waals surface area contributed by atoms with Crippen LogP contribution < -0.4 is 5.32 Å². The van der Waals surface area contributed by atoms with Crippen LogP contribution in [0.4, 0.5) is 14.5 Å². The Labute approximate surface area is 111 Å². The number of anilines is 1. The molecule has 0 bridgehead atoms. The number of amides is 1. The first-order valence-electron chi connectivity index (χ1n) is 6.51. The number of halogens is 2. The first kappa shape index (κ1) is 13.9. The van der Waals surface area contributed by atoms with Gasteiger partial charge in [0.2, 0.25) is 5.91 Å². The van der Waals surface area contributed by atoms with E-state index in [4.69, 9.17) is 0 Å². The quantitative estimate of drug-likeness (QED) is 0.914. The standard InChI is InChI=1S/C14H18F2N2O/c1-18-7-3-2-4-11(18)9-14(19)17-13-6-5-10(15)8-12(13)16/h5-6,8,11H,2-4,7,9H2,1H3,(H,17,19). The average Bonchev–Trinajstić information content (AvgIpc) is 2.36. The number of carbonyl (C=O) groups is 1. The number of rotatable bonds is 3. The second kappa shape index (κ2) is 6.10. The van der Waals surface area contributed by atoms with E-state index in [-0.39, 0.29) is 17.6 Å². The summed E-state index contributed by atoms with van der Waals surface area (Å²) in [4.78, 5) is 14.0. The SMILES string of the molecule is CN1CCCCC1CC(=O)Nc1ccc(F)cc1F. The van der Waals surface area contributed by atoms with Crippen LogP contribution in [0, 0.1) is 11.6 Å². The highest BCUT2D eigenvalue weighted by Crippen LogP contribution is 2.20. The molecule has 1 aliphatic rings. The monoisotopic (exact) mass is 268 g/mol. The molecule has 1 atom stereocenters. The molecule has 104 valence electrons. The Bertz CT molecular complexity index is 465. The molecule has 0 saturated carbocycles. The molecular weight excluding hydrogens is 250 g/mol. The predicted molar refractivity (Wildman–Crippen MR) is 69.9 cm³/mol. The zero-order valence-electron chi connectivity index (χ0n) is 11.0. The van der Waals surface area contributed by atoms with Gasteiger partial charge in [-0.15, -0.1) is 0 Å². The molecule has 3 nitrogen and oxygen atoms in total. The van der Waals surface area contributed by atoms with Crippen LogP contribution in [0.25, 0.3) is 0 Å². The van der Waals surface area contributed by atoms with Crippen LogP contribution in [-0.2, 0) is 4.79 Å². The van der Waals surface area contributed by atoms with E-state index in [9.17, 15) is 13.6 Å². The van der Waals surface area contributed by atoms with Crippen molar-refractivity contribution in [3.8, 4) is 0 Å². The molecule has 1 heterocycles. The molecular formula is C14H18F2N2O. The Morgan fingerprint density at radius 2 is 2.21 bits per heavy atom. The van der Waals surface area contributed by atoms with Crippen molar-refractivity contribution in [2.24, 2.45) is 0 Å². The van der Waals surface area contributed by atoms with E-state index in [2.05, 4.69) is 10.2 Å². The van der Waals surface area contributed by atoms with E-state index in [1.807, 2.05) is 7.05 Å². The number of piperidine rings is 1. The second-order valence-electron chi connectivity index (χ2n) is 5.01. The van der Waals surface area contributed by atoms with Gasteiger partial charge >= 0.3 is 0 Å². The van der Waals surface area contributed by atoms with Crippen LogP contribution in [-0.4, -0.2) is 30.4 Å². The van der Waals surface area contributed by atoms with Crippen molar-refractivity contribution >= 4 is 11.6 Å². The van der Waals surface area contributed by atoms with Crippen molar-refractivity contribution in [2.45, 2.75) is 31.7 Å². The van der Waals surface area contributed by atoms with Gasteiger partial charge in [-0.1, -0.05) is 6.42 Å². The fraction of sp³-hybridized carbons (Fsp3) is 0.500. The molecule has 1 aromatic rings. The molecule has 1 aromatic carbocycles. The molecule has 1 unspecified atom stereocenters. The van der Waals surface area contributed by atoms with Gasteiger partial charge in [-0.2, -0.15) is 0 Å². The first-order valence-corrected chi connectivity index (χ1v) is 6.51. The normalized spacial score (nSPS) is 20.3. The third-order valence-corrected chi connectivity index (χ3v) is 3.55. The molecule has 1 fully saturated rings. The van der Waals surface area contributed by atoms with Crippen LogP contribution in [0.15, 0.2) is 18.2 Å². The average molecular weight is 268 g/mol. The van der Waals surface area contributed by atoms with Crippen molar-refractivity contribution < 1.29 is 13.6 Å². The fourth-order valence-corrected chi connectivity index (χ4v) is 2.41. The summed E-state index contributed by atoms with van der Waals surface area (Å²) < 4.78 is 26.2. The highest BCUT2D eigenvalue weighted by atomic mass is 19.1. The number of nitrogens with zero attached hydrogens (tertiary/aromatic N) is 1. The van der Waals surface area contributed by atoms with E-state index in [1.54, 1.807) is 0 Å². The molecule has 0 spiro atoms. The maximum absolute atomic E-state index is 13.4. The first-order chi connectivity index (χ1) is 9.06. The molecule has 1 saturated heterocycles. The van der Waals surface area contributed by atoms with Gasteiger partial charge in [0.15, 0.2) is 0 Å². The lowest BCUT2D eigenvalue weighted by molar-refractivity contribution is -0.117. The van der Waals surface area contributed by atoms with E-state index >= 15 is 0 Å². The number of nitrogens with one attached hydrogen (secondary N) is 1.